The molecule has 1 saturated heterocycles. The van der Waals surface area contributed by atoms with E-state index < -0.39 is 5.97 Å². The number of aromatic hydroxyl groups is 1. The van der Waals surface area contributed by atoms with Gasteiger partial charge in [-0.15, -0.1) is 0 Å². The zero-order chi connectivity index (χ0) is 20.5. The van der Waals surface area contributed by atoms with E-state index in [-0.39, 0.29) is 35.1 Å². The van der Waals surface area contributed by atoms with Gasteiger partial charge in [-0.25, -0.2) is 4.79 Å². The van der Waals surface area contributed by atoms with Crippen molar-refractivity contribution in [2.24, 2.45) is 10.8 Å². The Morgan fingerprint density at radius 2 is 2.04 bits per heavy atom. The van der Waals surface area contributed by atoms with Gasteiger partial charge >= 0.3 is 5.97 Å². The number of fused-ring (bicyclic) bond motifs is 2. The monoisotopic (exact) mass is 387 g/mol. The molecule has 2 atom stereocenters. The molecule has 0 spiro atoms. The fraction of sp³-hybridized carbons (Fsp3) is 0.545. The second-order valence-corrected chi connectivity index (χ2v) is 9.11. The largest absolute Gasteiger partial charge is 0.504 e. The van der Waals surface area contributed by atoms with Crippen LogP contribution in [-0.4, -0.2) is 48.2 Å². The predicted molar refractivity (Wildman–Crippen MR) is 106 cm³/mol. The fourth-order valence-electron chi connectivity index (χ4n) is 4.98. The number of benzene rings is 1. The van der Waals surface area contributed by atoms with Crippen LogP contribution in [0.15, 0.2) is 24.3 Å². The summed E-state index contributed by atoms with van der Waals surface area (Å²) < 4.78 is 10.2. The van der Waals surface area contributed by atoms with Gasteiger partial charge in [-0.3, -0.25) is 4.79 Å². The highest BCUT2D eigenvalue weighted by molar-refractivity contribution is 5.89. The molecular weight excluding hydrogens is 358 g/mol. The van der Waals surface area contributed by atoms with Crippen molar-refractivity contribution in [2.45, 2.75) is 46.1 Å². The highest BCUT2D eigenvalue weighted by Crippen LogP contribution is 2.52. The first kappa shape index (κ1) is 20.2. The zero-order valence-electron chi connectivity index (χ0n) is 17.0. The number of carbonyl (C=O) groups excluding carboxylic acids is 2. The van der Waals surface area contributed by atoms with Crippen LogP contribution in [-0.2, 0) is 14.3 Å². The summed E-state index contributed by atoms with van der Waals surface area (Å²) >= 11 is 0. The van der Waals surface area contributed by atoms with E-state index in [4.69, 9.17) is 9.47 Å². The average molecular weight is 387 g/mol. The lowest BCUT2D eigenvalue weighted by Crippen LogP contribution is -2.39. The summed E-state index contributed by atoms with van der Waals surface area (Å²) in [6.07, 6.45) is 5.95. The molecule has 1 aromatic rings. The molecule has 1 heterocycles. The first-order valence-corrected chi connectivity index (χ1v) is 9.62. The number of hydrogen-bond acceptors (Lipinski definition) is 5. The highest BCUT2D eigenvalue weighted by Gasteiger charge is 2.50. The maximum absolute atomic E-state index is 12.6. The number of nitrogens with zero attached hydrogens (tertiary/aromatic N) is 1. The third kappa shape index (κ3) is 4.49. The van der Waals surface area contributed by atoms with E-state index >= 15 is 0 Å². The van der Waals surface area contributed by atoms with Crippen molar-refractivity contribution in [1.82, 2.24) is 4.90 Å². The summed E-state index contributed by atoms with van der Waals surface area (Å²) in [6.45, 7) is 7.26. The van der Waals surface area contributed by atoms with Gasteiger partial charge in [0.05, 0.1) is 7.11 Å². The van der Waals surface area contributed by atoms with Crippen LogP contribution >= 0.6 is 0 Å². The summed E-state index contributed by atoms with van der Waals surface area (Å²) in [7, 11) is 1.46. The third-order valence-electron chi connectivity index (χ3n) is 5.69. The molecule has 2 bridgehead atoms. The molecule has 0 aromatic heterocycles. The lowest BCUT2D eigenvalue weighted by molar-refractivity contribution is -0.148. The van der Waals surface area contributed by atoms with Gasteiger partial charge in [0.15, 0.2) is 18.1 Å². The number of phenolic OH excluding ortho intramolecular Hbond substituents is 1. The molecule has 1 aromatic carbocycles. The summed E-state index contributed by atoms with van der Waals surface area (Å²) in [4.78, 5) is 26.5. The van der Waals surface area contributed by atoms with Crippen molar-refractivity contribution < 1.29 is 24.2 Å². The Morgan fingerprint density at radius 3 is 2.75 bits per heavy atom. The summed E-state index contributed by atoms with van der Waals surface area (Å²) in [5.74, 6) is -0.351. The molecule has 1 N–H and O–H groups in total. The van der Waals surface area contributed by atoms with Crippen molar-refractivity contribution in [3.63, 3.8) is 0 Å². The molecule has 6 heteroatoms. The van der Waals surface area contributed by atoms with Gasteiger partial charge in [0.25, 0.3) is 5.91 Å². The van der Waals surface area contributed by atoms with Crippen molar-refractivity contribution in [3.8, 4) is 11.5 Å². The molecule has 1 amide bonds. The van der Waals surface area contributed by atoms with Gasteiger partial charge in [-0.2, -0.15) is 0 Å². The molecule has 152 valence electrons. The average Bonchev–Trinajstić information content (AvgIpc) is 2.87. The smallest absolute Gasteiger partial charge is 0.331 e. The second kappa shape index (κ2) is 7.49. The van der Waals surface area contributed by atoms with Crippen molar-refractivity contribution in [3.05, 3.63) is 29.8 Å². The van der Waals surface area contributed by atoms with E-state index in [1.807, 2.05) is 4.90 Å². The van der Waals surface area contributed by atoms with Gasteiger partial charge < -0.3 is 19.5 Å². The minimum absolute atomic E-state index is 0.0283. The predicted octanol–water partition coefficient (Wildman–Crippen LogP) is 3.38. The maximum Gasteiger partial charge on any atom is 0.331 e. The molecule has 1 aliphatic heterocycles. The molecule has 2 aliphatic rings. The number of hydrogen-bond donors (Lipinski definition) is 1. The third-order valence-corrected chi connectivity index (χ3v) is 5.69. The zero-order valence-corrected chi connectivity index (χ0v) is 17.0. The number of likely N-dealkylation sites (tertiary alicyclic amines) is 1. The molecule has 6 nitrogen and oxygen atoms in total. The Balaban J connectivity index is 1.54. The van der Waals surface area contributed by atoms with E-state index in [1.165, 1.54) is 19.3 Å². The quantitative estimate of drug-likeness (QED) is 0.619. The van der Waals surface area contributed by atoms with Crippen LogP contribution in [0.3, 0.4) is 0 Å². The van der Waals surface area contributed by atoms with Crippen molar-refractivity contribution in [1.29, 1.82) is 0 Å². The minimum atomic E-state index is -0.575. The number of amides is 1. The highest BCUT2D eigenvalue weighted by atomic mass is 16.5. The Morgan fingerprint density at radius 1 is 1.29 bits per heavy atom. The van der Waals surface area contributed by atoms with Crippen LogP contribution < -0.4 is 4.74 Å². The van der Waals surface area contributed by atoms with E-state index in [2.05, 4.69) is 20.8 Å². The molecule has 1 saturated carbocycles. The number of carbonyl (C=O) groups is 2. The fourth-order valence-corrected chi connectivity index (χ4v) is 4.98. The second-order valence-electron chi connectivity index (χ2n) is 9.11. The number of ether oxygens (including phenoxy) is 2. The molecule has 0 radical (unpaired) electrons. The van der Waals surface area contributed by atoms with Crippen LogP contribution in [0.4, 0.5) is 0 Å². The van der Waals surface area contributed by atoms with Crippen LogP contribution in [0.1, 0.15) is 45.6 Å². The lowest BCUT2D eigenvalue weighted by Gasteiger charge is -2.39. The van der Waals surface area contributed by atoms with Crippen LogP contribution in [0, 0.1) is 10.8 Å². The summed E-state index contributed by atoms with van der Waals surface area (Å²) in [5, 5.41) is 9.59. The van der Waals surface area contributed by atoms with Crippen LogP contribution in [0.5, 0.6) is 11.5 Å². The molecule has 3 rings (SSSR count). The van der Waals surface area contributed by atoms with E-state index in [1.54, 1.807) is 18.2 Å². The van der Waals surface area contributed by atoms with Gasteiger partial charge in [-0.1, -0.05) is 26.8 Å². The van der Waals surface area contributed by atoms with Gasteiger partial charge in [-0.05, 0) is 53.9 Å². The van der Waals surface area contributed by atoms with E-state index in [9.17, 15) is 14.7 Å². The number of methoxy groups -OCH3 is 1. The number of phenols is 1. The Kier molecular flexibility index (Phi) is 5.41. The normalized spacial score (nSPS) is 25.7. The molecule has 28 heavy (non-hydrogen) atoms. The SMILES string of the molecule is COc1cc(/C=C/C(=O)OCC(=O)N2C[C@]3(C)C[C@H]2CC(C)(C)C3)ccc1O. The number of rotatable bonds is 5. The van der Waals surface area contributed by atoms with E-state index in [0.717, 1.165) is 25.8 Å². The van der Waals surface area contributed by atoms with Gasteiger partial charge in [0, 0.05) is 18.7 Å². The Labute approximate surface area is 166 Å². The first-order chi connectivity index (χ1) is 13.1. The van der Waals surface area contributed by atoms with Crippen molar-refractivity contribution in [2.75, 3.05) is 20.3 Å². The summed E-state index contributed by atoms with van der Waals surface area (Å²) in [6, 6.07) is 4.98. The van der Waals surface area contributed by atoms with Crippen LogP contribution in [0.25, 0.3) is 6.08 Å². The molecule has 2 fully saturated rings. The minimum Gasteiger partial charge on any atom is -0.504 e. The van der Waals surface area contributed by atoms with Crippen LogP contribution in [0.2, 0.25) is 0 Å². The Bertz CT molecular complexity index is 800. The standard InChI is InChI=1S/C22H29NO5/c1-21(2)10-16-11-22(3,13-21)14-23(16)19(25)12-28-20(26)8-6-15-5-7-17(24)18(9-15)27-4/h5-9,16,24H,10-14H2,1-4H3/b8-6+/t16-,22-/m1/s1. The topological polar surface area (TPSA) is 76.1 Å². The maximum atomic E-state index is 12.6. The van der Waals surface area contributed by atoms with E-state index in [0.29, 0.717) is 11.3 Å². The molecule has 1 aliphatic carbocycles. The Hall–Kier alpha value is -2.50. The lowest BCUT2D eigenvalue weighted by atomic mass is 9.65. The first-order valence-electron chi connectivity index (χ1n) is 9.62. The van der Waals surface area contributed by atoms with Gasteiger partial charge in [0.1, 0.15) is 0 Å². The molecule has 0 unspecified atom stereocenters. The van der Waals surface area contributed by atoms with Gasteiger partial charge in [0.2, 0.25) is 0 Å². The molecular formula is C22H29NO5. The summed E-state index contributed by atoms with van der Waals surface area (Å²) in [5.41, 5.74) is 1.07. The van der Waals surface area contributed by atoms with Crippen molar-refractivity contribution >= 4 is 18.0 Å². The number of esters is 1.